The summed E-state index contributed by atoms with van der Waals surface area (Å²) in [5.41, 5.74) is -0.0368. The molecule has 4 aliphatic heterocycles. The van der Waals surface area contributed by atoms with E-state index in [0.717, 1.165) is 146 Å². The number of nitrogens with one attached hydrogen (secondary N) is 1. The van der Waals surface area contributed by atoms with Gasteiger partial charge in [0.05, 0.1) is 6.67 Å². The highest BCUT2D eigenvalue weighted by Crippen LogP contribution is 2.45. The van der Waals surface area contributed by atoms with Gasteiger partial charge in [-0.05, 0) is 216 Å². The minimum atomic E-state index is -0.00511. The molecule has 0 bridgehead atoms. The highest BCUT2D eigenvalue weighted by atomic mass is 15.4. The van der Waals surface area contributed by atoms with Gasteiger partial charge in [0.25, 0.3) is 0 Å². The third kappa shape index (κ3) is 14.9. The van der Waals surface area contributed by atoms with Gasteiger partial charge in [0.15, 0.2) is 0 Å². The zero-order valence-electron chi connectivity index (χ0n) is 55.7. The minimum absolute atomic E-state index is 0. The topological polar surface area (TPSA) is 119 Å². The van der Waals surface area contributed by atoms with E-state index in [1.807, 2.05) is 0 Å². The van der Waals surface area contributed by atoms with Crippen molar-refractivity contribution in [2.24, 2.45) is 0 Å². The van der Waals surface area contributed by atoms with Crippen molar-refractivity contribution in [2.45, 2.75) is 311 Å². The molecule has 6 rings (SSSR count). The van der Waals surface area contributed by atoms with E-state index in [1.54, 1.807) is 0 Å². The Morgan fingerprint density at radius 3 is 0.938 bits per heavy atom. The lowest BCUT2D eigenvalue weighted by molar-refractivity contribution is -0.0134. The predicted octanol–water partition coefficient (Wildman–Crippen LogP) is 12.8. The molecule has 16 nitrogen and oxygen atoms in total. The molecule has 2 aromatic heterocycles. The number of likely N-dealkylation sites (tertiary alicyclic amines) is 4. The van der Waals surface area contributed by atoms with Crippen LogP contribution in [0.1, 0.15) is 242 Å². The van der Waals surface area contributed by atoms with Gasteiger partial charge in [0, 0.05) is 102 Å². The molecular formula is C64H124N16. The number of unbranched alkanes of at least 4 members (excludes halogenated alkanes) is 3. The molecule has 80 heavy (non-hydrogen) atoms. The molecule has 4 aliphatic rings. The van der Waals surface area contributed by atoms with Crippen molar-refractivity contribution < 1.29 is 0 Å². The van der Waals surface area contributed by atoms with Gasteiger partial charge in [0.2, 0.25) is 35.7 Å². The predicted molar refractivity (Wildman–Crippen MR) is 343 cm³/mol. The lowest BCUT2D eigenvalue weighted by Crippen LogP contribution is -2.63. The van der Waals surface area contributed by atoms with E-state index in [9.17, 15) is 0 Å². The fourth-order valence-electron chi connectivity index (χ4n) is 14.8. The number of piperidine rings is 4. The van der Waals surface area contributed by atoms with Gasteiger partial charge >= 0.3 is 0 Å². The first-order valence-corrected chi connectivity index (χ1v) is 31.5. The fraction of sp³-hybridized carbons (Fsp3) is 0.906. The SMILES string of the molecule is C.CCCCN(c1nc(N(CCC)CNc2nc(N(CCCC)C3CC(C)(C)N(C)C(C)(C)C3)nc(N(CCCC)C3CC(C)(C)N(C)C(C)(C)C3)n2)nc(N(C)C2CC(C)(C)N(C)C(C)(C)C2)n1)C1CC(C)(C)N(C)C(C)(C)C1. The molecule has 0 spiro atoms. The maximum atomic E-state index is 5.66. The largest absolute Gasteiger partial charge is 0.341 e. The van der Waals surface area contributed by atoms with Crippen LogP contribution in [-0.2, 0) is 0 Å². The number of hydrogen-bond acceptors (Lipinski definition) is 16. The van der Waals surface area contributed by atoms with Crippen molar-refractivity contribution in [1.82, 2.24) is 49.5 Å². The van der Waals surface area contributed by atoms with Crippen LogP contribution in [0, 0.1) is 0 Å². The molecular weight excluding hydrogens is 993 g/mol. The van der Waals surface area contributed by atoms with E-state index in [1.165, 1.54) is 0 Å². The van der Waals surface area contributed by atoms with E-state index >= 15 is 0 Å². The smallest absolute Gasteiger partial charge is 0.233 e. The van der Waals surface area contributed by atoms with E-state index < -0.39 is 0 Å². The lowest BCUT2D eigenvalue weighted by atomic mass is 9.77. The Labute approximate surface area is 491 Å². The van der Waals surface area contributed by atoms with Gasteiger partial charge < -0.3 is 29.8 Å². The van der Waals surface area contributed by atoms with E-state index in [-0.39, 0.29) is 75.9 Å². The summed E-state index contributed by atoms with van der Waals surface area (Å²) in [6, 6.07) is 1.01. The van der Waals surface area contributed by atoms with Crippen LogP contribution in [0.2, 0.25) is 0 Å². The second kappa shape index (κ2) is 25.5. The van der Waals surface area contributed by atoms with Crippen molar-refractivity contribution in [3.8, 4) is 0 Å². The number of nitrogens with zero attached hydrogens (tertiary/aromatic N) is 15. The van der Waals surface area contributed by atoms with Crippen molar-refractivity contribution in [1.29, 1.82) is 0 Å². The van der Waals surface area contributed by atoms with Crippen LogP contribution in [0.3, 0.4) is 0 Å². The number of rotatable bonds is 23. The second-order valence-corrected chi connectivity index (χ2v) is 30.3. The first kappa shape index (κ1) is 67.5. The van der Waals surface area contributed by atoms with Gasteiger partial charge in [-0.3, -0.25) is 19.6 Å². The van der Waals surface area contributed by atoms with Crippen LogP contribution in [0.5, 0.6) is 0 Å². The molecule has 0 unspecified atom stereocenters. The Kier molecular flexibility index (Phi) is 21.5. The van der Waals surface area contributed by atoms with Gasteiger partial charge in [-0.2, -0.15) is 29.9 Å². The average molecular weight is 1120 g/mol. The Balaban J connectivity index is 0.0000118. The third-order valence-corrected chi connectivity index (χ3v) is 20.8. The van der Waals surface area contributed by atoms with Crippen molar-refractivity contribution >= 4 is 35.7 Å². The summed E-state index contributed by atoms with van der Waals surface area (Å²) in [5.74, 6) is 4.38. The summed E-state index contributed by atoms with van der Waals surface area (Å²) >= 11 is 0. The van der Waals surface area contributed by atoms with Crippen LogP contribution in [0.25, 0.3) is 0 Å². The van der Waals surface area contributed by atoms with Crippen molar-refractivity contribution in [3.63, 3.8) is 0 Å². The zero-order chi connectivity index (χ0) is 59.1. The van der Waals surface area contributed by atoms with Crippen LogP contribution in [0.15, 0.2) is 0 Å². The average Bonchev–Trinajstić information content (AvgIpc) is 3.34. The summed E-state index contributed by atoms with van der Waals surface area (Å²) < 4.78 is 0. The summed E-state index contributed by atoms with van der Waals surface area (Å²) in [5, 5.41) is 3.88. The normalized spacial score (nSPS) is 23.3. The molecule has 1 N–H and O–H groups in total. The molecule has 0 amide bonds. The van der Waals surface area contributed by atoms with E-state index in [0.29, 0.717) is 18.6 Å². The molecule has 460 valence electrons. The monoisotopic (exact) mass is 1120 g/mol. The maximum absolute atomic E-state index is 5.66. The summed E-state index contributed by atoms with van der Waals surface area (Å²) in [7, 11) is 11.4. The molecule has 16 heteroatoms. The van der Waals surface area contributed by atoms with Gasteiger partial charge in [0.1, 0.15) is 0 Å². The van der Waals surface area contributed by atoms with Crippen molar-refractivity contribution in [2.75, 3.05) is 97.9 Å². The number of anilines is 6. The summed E-state index contributed by atoms with van der Waals surface area (Å²) in [6.07, 6.45) is 15.5. The third-order valence-electron chi connectivity index (χ3n) is 20.8. The molecule has 6 heterocycles. The summed E-state index contributed by atoms with van der Waals surface area (Å²) in [6.45, 7) is 51.4. The quantitative estimate of drug-likeness (QED) is 0.106. The molecule has 0 atom stereocenters. The van der Waals surface area contributed by atoms with Crippen LogP contribution >= 0.6 is 0 Å². The van der Waals surface area contributed by atoms with Gasteiger partial charge in [-0.15, -0.1) is 0 Å². The summed E-state index contributed by atoms with van der Waals surface area (Å²) in [4.78, 5) is 56.2. The Morgan fingerprint density at radius 2 is 0.637 bits per heavy atom. The van der Waals surface area contributed by atoms with Crippen LogP contribution in [-0.4, -0.2) is 186 Å². The van der Waals surface area contributed by atoms with Crippen LogP contribution in [0.4, 0.5) is 35.7 Å². The van der Waals surface area contributed by atoms with Crippen LogP contribution < -0.4 is 29.8 Å². The molecule has 0 aromatic carbocycles. The maximum Gasteiger partial charge on any atom is 0.233 e. The molecule has 4 fully saturated rings. The highest BCUT2D eigenvalue weighted by Gasteiger charge is 2.50. The number of aromatic nitrogens is 6. The Bertz CT molecular complexity index is 2150. The molecule has 0 aliphatic carbocycles. The van der Waals surface area contributed by atoms with Gasteiger partial charge in [-0.25, -0.2) is 0 Å². The second-order valence-electron chi connectivity index (χ2n) is 30.3. The Hall–Kier alpha value is -3.34. The first-order chi connectivity index (χ1) is 36.5. The van der Waals surface area contributed by atoms with Crippen molar-refractivity contribution in [3.05, 3.63) is 0 Å². The minimum Gasteiger partial charge on any atom is -0.341 e. The fourth-order valence-corrected chi connectivity index (χ4v) is 14.8. The number of hydrogen-bond donors (Lipinski definition) is 1. The molecule has 2 aromatic rings. The zero-order valence-corrected chi connectivity index (χ0v) is 55.7. The molecule has 4 saturated heterocycles. The van der Waals surface area contributed by atoms with Gasteiger partial charge in [-0.1, -0.05) is 54.4 Å². The highest BCUT2D eigenvalue weighted by molar-refractivity contribution is 5.51. The Morgan fingerprint density at radius 1 is 0.375 bits per heavy atom. The van der Waals surface area contributed by atoms with E-state index in [2.05, 4.69) is 223 Å². The molecule has 0 saturated carbocycles. The molecule has 0 radical (unpaired) electrons. The first-order valence-electron chi connectivity index (χ1n) is 31.5. The van der Waals surface area contributed by atoms with E-state index in [4.69, 9.17) is 29.9 Å². The standard InChI is InChI=1S/C63H120N16.CH4/c1-26-30-34-77(47-39-58(9,10)73(23)59(11,12)40-47)53-65-50(66-54(70-53)78(35-31-27-2)48-41-60(13,14)74(24)61(15,16)42-48)64-45-76(33-29-4)52-67-51(71(21)46-37-56(5,6)72(22)57(7,8)38-46)68-55(69-52)79(36-32-28-3)49-43-62(17,18)75(25)63(19,20)44-49;/h46-49H,26-45H2,1-25H3,(H,64,65,66,70);1H4. The lowest BCUT2D eigenvalue weighted by Gasteiger charge is -2.56.